The van der Waals surface area contributed by atoms with Gasteiger partial charge in [-0.05, 0) is 24.4 Å². The molecule has 1 aromatic heterocycles. The van der Waals surface area contributed by atoms with Crippen molar-refractivity contribution >= 4 is 21.7 Å². The van der Waals surface area contributed by atoms with E-state index < -0.39 is 0 Å². The van der Waals surface area contributed by atoms with Gasteiger partial charge in [-0.1, -0.05) is 35.9 Å². The molecule has 78 valence electrons. The number of H-pyrrole nitrogens is 1. The van der Waals surface area contributed by atoms with Crippen LogP contribution in [0.4, 0.5) is 0 Å². The van der Waals surface area contributed by atoms with E-state index in [4.69, 9.17) is 0 Å². The summed E-state index contributed by atoms with van der Waals surface area (Å²) in [4.78, 5) is 14.8. The SMILES string of the molecule is Cc1ccc2c(c1)c(=O)[nH]c1ccccc12. The number of para-hydroxylation sites is 1. The summed E-state index contributed by atoms with van der Waals surface area (Å²) in [6.07, 6.45) is 0. The summed E-state index contributed by atoms with van der Waals surface area (Å²) in [7, 11) is 0. The molecule has 0 atom stereocenters. The molecule has 0 spiro atoms. The van der Waals surface area contributed by atoms with E-state index in [2.05, 4.69) is 4.98 Å². The molecule has 0 saturated heterocycles. The van der Waals surface area contributed by atoms with Crippen molar-refractivity contribution in [1.82, 2.24) is 4.98 Å². The van der Waals surface area contributed by atoms with E-state index in [-0.39, 0.29) is 5.56 Å². The lowest BCUT2D eigenvalue weighted by molar-refractivity contribution is 1.34. The van der Waals surface area contributed by atoms with Crippen LogP contribution in [-0.4, -0.2) is 4.98 Å². The summed E-state index contributed by atoms with van der Waals surface area (Å²) in [5, 5.41) is 2.88. The van der Waals surface area contributed by atoms with E-state index in [1.807, 2.05) is 49.4 Å². The van der Waals surface area contributed by atoms with Crippen LogP contribution in [0.3, 0.4) is 0 Å². The number of hydrogen-bond acceptors (Lipinski definition) is 1. The number of hydrogen-bond donors (Lipinski definition) is 1. The van der Waals surface area contributed by atoms with Crippen LogP contribution < -0.4 is 5.56 Å². The zero-order valence-electron chi connectivity index (χ0n) is 8.95. The van der Waals surface area contributed by atoms with E-state index in [0.717, 1.165) is 27.2 Å². The van der Waals surface area contributed by atoms with E-state index in [1.54, 1.807) is 0 Å². The fourth-order valence-corrected chi connectivity index (χ4v) is 2.10. The van der Waals surface area contributed by atoms with Crippen molar-refractivity contribution in [1.29, 1.82) is 0 Å². The molecule has 0 aliphatic heterocycles. The highest BCUT2D eigenvalue weighted by molar-refractivity contribution is 6.05. The molecule has 0 aliphatic rings. The molecule has 1 heterocycles. The minimum absolute atomic E-state index is 0.0163. The van der Waals surface area contributed by atoms with E-state index in [1.165, 1.54) is 0 Å². The predicted molar refractivity (Wildman–Crippen MR) is 66.8 cm³/mol. The van der Waals surface area contributed by atoms with Crippen LogP contribution in [0.1, 0.15) is 5.56 Å². The number of aromatic amines is 1. The fourth-order valence-electron chi connectivity index (χ4n) is 2.10. The van der Waals surface area contributed by atoms with Gasteiger partial charge in [0.05, 0.1) is 0 Å². The molecule has 0 saturated carbocycles. The molecule has 0 bridgehead atoms. The highest BCUT2D eigenvalue weighted by Crippen LogP contribution is 2.21. The first kappa shape index (κ1) is 9.16. The van der Waals surface area contributed by atoms with Crippen molar-refractivity contribution in [3.8, 4) is 0 Å². The second kappa shape index (κ2) is 3.20. The van der Waals surface area contributed by atoms with Gasteiger partial charge in [0, 0.05) is 16.3 Å². The normalized spacial score (nSPS) is 11.1. The number of rotatable bonds is 0. The lowest BCUT2D eigenvalue weighted by atomic mass is 10.0. The Balaban J connectivity index is 2.65. The van der Waals surface area contributed by atoms with Crippen molar-refractivity contribution in [3.05, 3.63) is 58.4 Å². The van der Waals surface area contributed by atoms with Crippen molar-refractivity contribution < 1.29 is 0 Å². The molecule has 2 heteroatoms. The number of aryl methyl sites for hydroxylation is 1. The van der Waals surface area contributed by atoms with Crippen LogP contribution in [0, 0.1) is 6.92 Å². The summed E-state index contributed by atoms with van der Waals surface area (Å²) in [6, 6.07) is 13.9. The minimum Gasteiger partial charge on any atom is -0.321 e. The topological polar surface area (TPSA) is 32.9 Å². The predicted octanol–water partition coefficient (Wildman–Crippen LogP) is 2.99. The summed E-state index contributed by atoms with van der Waals surface area (Å²) in [6.45, 7) is 1.99. The average Bonchev–Trinajstić information content (AvgIpc) is 2.29. The summed E-state index contributed by atoms with van der Waals surface area (Å²) < 4.78 is 0. The first-order chi connectivity index (χ1) is 7.75. The summed E-state index contributed by atoms with van der Waals surface area (Å²) >= 11 is 0. The molecule has 0 unspecified atom stereocenters. The molecule has 0 amide bonds. The Morgan fingerprint density at radius 2 is 1.75 bits per heavy atom. The molecular weight excluding hydrogens is 198 g/mol. The standard InChI is InChI=1S/C14H11NO/c1-9-6-7-10-11-4-2-3-5-13(11)15-14(16)12(10)8-9/h2-8H,1H3,(H,15,16). The molecule has 3 rings (SSSR count). The Morgan fingerprint density at radius 1 is 0.938 bits per heavy atom. The highest BCUT2D eigenvalue weighted by Gasteiger charge is 2.03. The van der Waals surface area contributed by atoms with Gasteiger partial charge in [0.2, 0.25) is 0 Å². The van der Waals surface area contributed by atoms with Gasteiger partial charge in [0.1, 0.15) is 0 Å². The number of aromatic nitrogens is 1. The molecule has 0 aliphatic carbocycles. The lowest BCUT2D eigenvalue weighted by Gasteiger charge is -2.03. The zero-order valence-corrected chi connectivity index (χ0v) is 8.95. The van der Waals surface area contributed by atoms with Gasteiger partial charge in [-0.15, -0.1) is 0 Å². The van der Waals surface area contributed by atoms with Crippen LogP contribution in [0.2, 0.25) is 0 Å². The van der Waals surface area contributed by atoms with Crippen molar-refractivity contribution in [2.24, 2.45) is 0 Å². The Labute approximate surface area is 92.5 Å². The molecule has 2 aromatic carbocycles. The van der Waals surface area contributed by atoms with E-state index in [9.17, 15) is 4.79 Å². The first-order valence-corrected chi connectivity index (χ1v) is 5.27. The number of fused-ring (bicyclic) bond motifs is 3. The second-order valence-corrected chi connectivity index (χ2v) is 4.05. The third-order valence-corrected chi connectivity index (χ3v) is 2.89. The van der Waals surface area contributed by atoms with Crippen LogP contribution in [0.25, 0.3) is 21.7 Å². The molecule has 3 aromatic rings. The average molecular weight is 209 g/mol. The highest BCUT2D eigenvalue weighted by atomic mass is 16.1. The smallest absolute Gasteiger partial charge is 0.256 e. The van der Waals surface area contributed by atoms with Crippen LogP contribution in [-0.2, 0) is 0 Å². The minimum atomic E-state index is -0.0163. The number of pyridine rings is 1. The molecule has 1 N–H and O–H groups in total. The molecular formula is C14H11NO. The van der Waals surface area contributed by atoms with Crippen molar-refractivity contribution in [2.45, 2.75) is 6.92 Å². The molecule has 0 radical (unpaired) electrons. The Bertz CT molecular complexity index is 740. The first-order valence-electron chi connectivity index (χ1n) is 5.27. The van der Waals surface area contributed by atoms with Gasteiger partial charge in [-0.25, -0.2) is 0 Å². The Hall–Kier alpha value is -2.09. The molecule has 2 nitrogen and oxygen atoms in total. The van der Waals surface area contributed by atoms with Gasteiger partial charge in [0.15, 0.2) is 0 Å². The Kier molecular flexibility index (Phi) is 1.83. The quantitative estimate of drug-likeness (QED) is 0.567. The van der Waals surface area contributed by atoms with Crippen molar-refractivity contribution in [3.63, 3.8) is 0 Å². The van der Waals surface area contributed by atoms with Crippen LogP contribution >= 0.6 is 0 Å². The fraction of sp³-hybridized carbons (Fsp3) is 0.0714. The third-order valence-electron chi connectivity index (χ3n) is 2.89. The maximum absolute atomic E-state index is 11.9. The largest absolute Gasteiger partial charge is 0.321 e. The van der Waals surface area contributed by atoms with E-state index >= 15 is 0 Å². The van der Waals surface area contributed by atoms with Gasteiger partial charge in [-0.3, -0.25) is 4.79 Å². The van der Waals surface area contributed by atoms with Gasteiger partial charge in [0.25, 0.3) is 5.56 Å². The molecule has 0 fully saturated rings. The van der Waals surface area contributed by atoms with Gasteiger partial charge in [-0.2, -0.15) is 0 Å². The number of benzene rings is 2. The summed E-state index contributed by atoms with van der Waals surface area (Å²) in [5.41, 5.74) is 1.98. The summed E-state index contributed by atoms with van der Waals surface area (Å²) in [5.74, 6) is 0. The number of nitrogens with one attached hydrogen (secondary N) is 1. The third kappa shape index (κ3) is 1.23. The maximum atomic E-state index is 11.9. The van der Waals surface area contributed by atoms with Crippen LogP contribution in [0.15, 0.2) is 47.3 Å². The van der Waals surface area contributed by atoms with Gasteiger partial charge < -0.3 is 4.98 Å². The van der Waals surface area contributed by atoms with E-state index in [0.29, 0.717) is 0 Å². The monoisotopic (exact) mass is 209 g/mol. The van der Waals surface area contributed by atoms with Crippen LogP contribution in [0.5, 0.6) is 0 Å². The lowest BCUT2D eigenvalue weighted by Crippen LogP contribution is -2.06. The van der Waals surface area contributed by atoms with Crippen molar-refractivity contribution in [2.75, 3.05) is 0 Å². The maximum Gasteiger partial charge on any atom is 0.256 e. The van der Waals surface area contributed by atoms with Gasteiger partial charge >= 0.3 is 0 Å². The second-order valence-electron chi connectivity index (χ2n) is 4.05. The zero-order chi connectivity index (χ0) is 11.1. The Morgan fingerprint density at radius 3 is 2.62 bits per heavy atom. The molecule has 16 heavy (non-hydrogen) atoms.